The molecule has 24 heavy (non-hydrogen) atoms. The predicted octanol–water partition coefficient (Wildman–Crippen LogP) is 3.77. The number of aryl methyl sites for hydroxylation is 1. The molecule has 0 bridgehead atoms. The number of halogens is 1. The lowest BCUT2D eigenvalue weighted by atomic mass is 10.1. The van der Waals surface area contributed by atoms with Crippen LogP contribution in [0, 0.1) is 0 Å². The van der Waals surface area contributed by atoms with E-state index in [0.29, 0.717) is 24.4 Å². The summed E-state index contributed by atoms with van der Waals surface area (Å²) in [4.78, 5) is 16.0. The van der Waals surface area contributed by atoms with Gasteiger partial charge in [0.1, 0.15) is 0 Å². The fourth-order valence-corrected chi connectivity index (χ4v) is 2.67. The average molecular weight is 340 g/mol. The molecule has 5 heteroatoms. The first-order chi connectivity index (χ1) is 11.7. The van der Waals surface area contributed by atoms with Gasteiger partial charge < -0.3 is 9.88 Å². The van der Waals surface area contributed by atoms with Crippen molar-refractivity contribution in [3.63, 3.8) is 0 Å². The Balaban J connectivity index is 1.48. The molecule has 1 aromatic heterocycles. The summed E-state index contributed by atoms with van der Waals surface area (Å²) in [6, 6.07) is 15.6. The molecule has 3 aromatic rings. The minimum Gasteiger partial charge on any atom is -0.352 e. The van der Waals surface area contributed by atoms with E-state index in [4.69, 9.17) is 11.6 Å². The highest BCUT2D eigenvalue weighted by atomic mass is 35.5. The average Bonchev–Trinajstić information content (AvgIpc) is 3.14. The van der Waals surface area contributed by atoms with E-state index in [0.717, 1.165) is 16.8 Å². The Hall–Kier alpha value is -2.59. The molecule has 0 spiro atoms. The second-order valence-electron chi connectivity index (χ2n) is 5.50. The number of carbonyl (C=O) groups is 1. The molecule has 122 valence electrons. The molecule has 0 saturated carbocycles. The van der Waals surface area contributed by atoms with E-state index in [1.165, 1.54) is 0 Å². The number of imidazole rings is 1. The van der Waals surface area contributed by atoms with Crippen molar-refractivity contribution in [1.29, 1.82) is 0 Å². The molecule has 0 radical (unpaired) electrons. The van der Waals surface area contributed by atoms with Gasteiger partial charge in [-0.15, -0.1) is 0 Å². The molecule has 0 aliphatic carbocycles. The quantitative estimate of drug-likeness (QED) is 0.743. The highest BCUT2D eigenvalue weighted by Crippen LogP contribution is 2.16. The largest absolute Gasteiger partial charge is 0.352 e. The molecule has 0 aliphatic rings. The van der Waals surface area contributed by atoms with E-state index in [9.17, 15) is 4.79 Å². The van der Waals surface area contributed by atoms with Gasteiger partial charge >= 0.3 is 0 Å². The summed E-state index contributed by atoms with van der Waals surface area (Å²) in [5.74, 6) is 0.0219. The number of amides is 1. The van der Waals surface area contributed by atoms with Gasteiger partial charge in [0.15, 0.2) is 0 Å². The second kappa shape index (κ2) is 7.79. The molecule has 3 rings (SSSR count). The summed E-state index contributed by atoms with van der Waals surface area (Å²) < 4.78 is 1.94. The lowest BCUT2D eigenvalue weighted by molar-refractivity contribution is -0.121. The van der Waals surface area contributed by atoms with Gasteiger partial charge in [-0.2, -0.15) is 0 Å². The van der Waals surface area contributed by atoms with Gasteiger partial charge in [-0.1, -0.05) is 41.9 Å². The van der Waals surface area contributed by atoms with Crippen LogP contribution in [0.4, 0.5) is 0 Å². The first kappa shape index (κ1) is 16.3. The van der Waals surface area contributed by atoms with Crippen molar-refractivity contribution in [1.82, 2.24) is 14.9 Å². The van der Waals surface area contributed by atoms with Crippen LogP contribution in [-0.2, 0) is 17.8 Å². The molecule has 1 amide bonds. The van der Waals surface area contributed by atoms with Crippen LogP contribution in [0.15, 0.2) is 67.3 Å². The van der Waals surface area contributed by atoms with Gasteiger partial charge in [0.25, 0.3) is 0 Å². The number of carbonyl (C=O) groups excluding carboxylic acids is 1. The normalized spacial score (nSPS) is 10.5. The zero-order chi connectivity index (χ0) is 16.8. The van der Waals surface area contributed by atoms with Gasteiger partial charge in [0.2, 0.25) is 5.91 Å². The Kier molecular flexibility index (Phi) is 5.29. The zero-order valence-corrected chi connectivity index (χ0v) is 13.9. The van der Waals surface area contributed by atoms with Gasteiger partial charge in [-0.25, -0.2) is 4.98 Å². The number of hydrogen-bond acceptors (Lipinski definition) is 2. The molecule has 1 N–H and O–H groups in total. The second-order valence-corrected chi connectivity index (χ2v) is 5.91. The maximum Gasteiger partial charge on any atom is 0.220 e. The van der Waals surface area contributed by atoms with Gasteiger partial charge in [-0.05, 0) is 35.7 Å². The maximum absolute atomic E-state index is 12.0. The lowest BCUT2D eigenvalue weighted by Crippen LogP contribution is -2.23. The van der Waals surface area contributed by atoms with Crippen LogP contribution >= 0.6 is 11.6 Å². The predicted molar refractivity (Wildman–Crippen MR) is 95.2 cm³/mol. The molecule has 0 fully saturated rings. The van der Waals surface area contributed by atoms with E-state index in [1.54, 1.807) is 12.5 Å². The third-order valence-corrected chi connectivity index (χ3v) is 4.18. The molecular weight excluding hydrogens is 322 g/mol. The number of hydrogen-bond donors (Lipinski definition) is 1. The van der Waals surface area contributed by atoms with Crippen molar-refractivity contribution in [2.45, 2.75) is 19.4 Å². The smallest absolute Gasteiger partial charge is 0.220 e. The first-order valence-electron chi connectivity index (χ1n) is 7.80. The Morgan fingerprint density at radius 1 is 1.12 bits per heavy atom. The van der Waals surface area contributed by atoms with E-state index in [1.807, 2.05) is 59.3 Å². The number of nitrogens with one attached hydrogen (secondary N) is 1. The van der Waals surface area contributed by atoms with Crippen molar-refractivity contribution in [2.75, 3.05) is 0 Å². The molecule has 0 aliphatic heterocycles. The van der Waals surface area contributed by atoms with Crippen LogP contribution in [0.25, 0.3) is 5.69 Å². The fourth-order valence-electron chi connectivity index (χ4n) is 2.44. The molecule has 1 heterocycles. The number of aromatic nitrogens is 2. The Labute approximate surface area is 146 Å². The summed E-state index contributed by atoms with van der Waals surface area (Å²) >= 11 is 6.10. The van der Waals surface area contributed by atoms with Crippen molar-refractivity contribution in [3.05, 3.63) is 83.4 Å². The van der Waals surface area contributed by atoms with Crippen molar-refractivity contribution in [3.8, 4) is 5.69 Å². The number of benzene rings is 2. The van der Waals surface area contributed by atoms with Gasteiger partial charge in [0.05, 0.1) is 6.33 Å². The minimum absolute atomic E-state index is 0.0219. The molecule has 2 aromatic carbocycles. The molecule has 4 nitrogen and oxygen atoms in total. The van der Waals surface area contributed by atoms with Crippen molar-refractivity contribution >= 4 is 17.5 Å². The topological polar surface area (TPSA) is 46.9 Å². The van der Waals surface area contributed by atoms with E-state index < -0.39 is 0 Å². The summed E-state index contributed by atoms with van der Waals surface area (Å²) in [6.07, 6.45) is 6.46. The molecule has 0 unspecified atom stereocenters. The summed E-state index contributed by atoms with van der Waals surface area (Å²) in [5.41, 5.74) is 3.10. The molecule has 0 saturated heterocycles. The third kappa shape index (κ3) is 4.24. The summed E-state index contributed by atoms with van der Waals surface area (Å²) in [5, 5.41) is 3.65. The highest BCUT2D eigenvalue weighted by molar-refractivity contribution is 6.31. The van der Waals surface area contributed by atoms with Crippen LogP contribution in [-0.4, -0.2) is 15.5 Å². The highest BCUT2D eigenvalue weighted by Gasteiger charge is 2.05. The zero-order valence-electron chi connectivity index (χ0n) is 13.2. The Morgan fingerprint density at radius 2 is 1.92 bits per heavy atom. The number of nitrogens with zero attached hydrogens (tertiary/aromatic N) is 2. The summed E-state index contributed by atoms with van der Waals surface area (Å²) in [6.45, 7) is 0.519. The Morgan fingerprint density at radius 3 is 2.62 bits per heavy atom. The van der Waals surface area contributed by atoms with E-state index in [2.05, 4.69) is 10.3 Å². The van der Waals surface area contributed by atoms with Gasteiger partial charge in [0, 0.05) is 36.1 Å². The van der Waals surface area contributed by atoms with Crippen LogP contribution in [0.3, 0.4) is 0 Å². The molecular formula is C19H18ClN3O. The van der Waals surface area contributed by atoms with Crippen LogP contribution in [0.5, 0.6) is 0 Å². The first-order valence-corrected chi connectivity index (χ1v) is 8.17. The van der Waals surface area contributed by atoms with Crippen LogP contribution in [0.1, 0.15) is 17.5 Å². The minimum atomic E-state index is 0.0219. The number of rotatable bonds is 6. The third-order valence-electron chi connectivity index (χ3n) is 3.81. The van der Waals surface area contributed by atoms with Crippen LogP contribution in [0.2, 0.25) is 5.02 Å². The monoisotopic (exact) mass is 339 g/mol. The lowest BCUT2D eigenvalue weighted by Gasteiger charge is -2.08. The summed E-state index contributed by atoms with van der Waals surface area (Å²) in [7, 11) is 0. The van der Waals surface area contributed by atoms with E-state index >= 15 is 0 Å². The SMILES string of the molecule is O=C(CCc1ccccc1Cl)NCc1ccc(-n2ccnc2)cc1. The van der Waals surface area contributed by atoms with Gasteiger partial charge in [-0.3, -0.25) is 4.79 Å². The standard InChI is InChI=1S/C19H18ClN3O/c20-18-4-2-1-3-16(18)7-10-19(24)22-13-15-5-8-17(9-6-15)23-12-11-21-14-23/h1-6,8-9,11-12,14H,7,10,13H2,(H,22,24). The fraction of sp³-hybridized carbons (Fsp3) is 0.158. The van der Waals surface area contributed by atoms with Crippen molar-refractivity contribution in [2.24, 2.45) is 0 Å². The maximum atomic E-state index is 12.0. The van der Waals surface area contributed by atoms with E-state index in [-0.39, 0.29) is 5.91 Å². The van der Waals surface area contributed by atoms with Crippen molar-refractivity contribution < 1.29 is 4.79 Å². The Bertz CT molecular complexity index is 798. The molecule has 0 atom stereocenters. The van der Waals surface area contributed by atoms with Crippen LogP contribution < -0.4 is 5.32 Å².